The van der Waals surface area contributed by atoms with Gasteiger partial charge in [-0.15, -0.1) is 0 Å². The molecule has 0 saturated heterocycles. The van der Waals surface area contributed by atoms with Crippen LogP contribution in [-0.2, 0) is 0 Å². The minimum atomic E-state index is -4.42. The van der Waals surface area contributed by atoms with Crippen molar-refractivity contribution in [2.45, 2.75) is 12.3 Å². The number of anilines is 1. The number of halogens is 4. The van der Waals surface area contributed by atoms with E-state index in [1.54, 1.807) is 0 Å². The van der Waals surface area contributed by atoms with Crippen molar-refractivity contribution in [3.05, 3.63) is 24.0 Å². The van der Waals surface area contributed by atoms with E-state index in [0.29, 0.717) is 0 Å². The molecule has 15 heavy (non-hydrogen) atoms. The summed E-state index contributed by atoms with van der Waals surface area (Å²) >= 11 is 0. The van der Waals surface area contributed by atoms with E-state index < -0.39 is 24.6 Å². The lowest BCUT2D eigenvalue weighted by atomic mass is 10.2. The zero-order valence-electron chi connectivity index (χ0n) is 7.44. The topological polar surface area (TPSA) is 21.3 Å². The molecule has 1 atom stereocenters. The lowest BCUT2D eigenvalue weighted by Gasteiger charge is -2.28. The lowest BCUT2D eigenvalue weighted by molar-refractivity contribution is -0.191. The zero-order chi connectivity index (χ0) is 11.1. The maximum atomic E-state index is 12.7. The highest BCUT2D eigenvalue weighted by Crippen LogP contribution is 2.34. The first-order chi connectivity index (χ1) is 6.97. The normalized spacial score (nSPS) is 20.1. The van der Waals surface area contributed by atoms with Gasteiger partial charge in [0.05, 0.1) is 12.2 Å². The van der Waals surface area contributed by atoms with Gasteiger partial charge in [0.2, 0.25) is 6.10 Å². The Morgan fingerprint density at radius 3 is 2.73 bits per heavy atom. The predicted molar refractivity (Wildman–Crippen MR) is 45.4 cm³/mol. The first-order valence-corrected chi connectivity index (χ1v) is 4.23. The van der Waals surface area contributed by atoms with Crippen LogP contribution in [0.2, 0.25) is 0 Å². The van der Waals surface area contributed by atoms with Gasteiger partial charge in [0.15, 0.2) is 0 Å². The van der Waals surface area contributed by atoms with E-state index in [4.69, 9.17) is 4.74 Å². The van der Waals surface area contributed by atoms with Crippen LogP contribution in [0.3, 0.4) is 0 Å². The van der Waals surface area contributed by atoms with Crippen molar-refractivity contribution in [3.63, 3.8) is 0 Å². The predicted octanol–water partition coefficient (Wildman–Crippen LogP) is 2.56. The molecule has 6 heteroatoms. The smallest absolute Gasteiger partial charge is 0.427 e. The van der Waals surface area contributed by atoms with Gasteiger partial charge in [0.1, 0.15) is 11.6 Å². The first-order valence-electron chi connectivity index (χ1n) is 4.23. The molecule has 0 fully saturated rings. The summed E-state index contributed by atoms with van der Waals surface area (Å²) in [7, 11) is 0. The molecule has 1 aromatic carbocycles. The van der Waals surface area contributed by atoms with Crippen LogP contribution >= 0.6 is 0 Å². The van der Waals surface area contributed by atoms with Gasteiger partial charge in [-0.2, -0.15) is 13.2 Å². The third-order valence-electron chi connectivity index (χ3n) is 2.05. The number of benzene rings is 1. The van der Waals surface area contributed by atoms with Gasteiger partial charge < -0.3 is 10.1 Å². The Hall–Kier alpha value is -1.46. The van der Waals surface area contributed by atoms with Crippen LogP contribution in [0.25, 0.3) is 0 Å². The molecular weight excluding hydrogens is 214 g/mol. The molecule has 1 aliphatic heterocycles. The van der Waals surface area contributed by atoms with Crippen molar-refractivity contribution >= 4 is 5.69 Å². The van der Waals surface area contributed by atoms with E-state index in [2.05, 4.69) is 5.32 Å². The summed E-state index contributed by atoms with van der Waals surface area (Å²) in [6.07, 6.45) is -6.30. The number of nitrogens with one attached hydrogen (secondary N) is 1. The molecule has 2 nitrogen and oxygen atoms in total. The second-order valence-corrected chi connectivity index (χ2v) is 3.17. The molecule has 2 rings (SSSR count). The van der Waals surface area contributed by atoms with Crippen molar-refractivity contribution in [2.75, 3.05) is 11.9 Å². The standard InChI is InChI=1S/C9H7F4NO/c10-5-1-2-7-6(3-5)14-4-8(15-7)9(11,12)13/h1-3,8,14H,4H2. The van der Waals surface area contributed by atoms with Crippen LogP contribution in [-0.4, -0.2) is 18.8 Å². The maximum absolute atomic E-state index is 12.7. The van der Waals surface area contributed by atoms with E-state index in [9.17, 15) is 17.6 Å². The molecule has 1 N–H and O–H groups in total. The molecule has 0 radical (unpaired) electrons. The van der Waals surface area contributed by atoms with Crippen LogP contribution < -0.4 is 10.1 Å². The molecule has 0 spiro atoms. The van der Waals surface area contributed by atoms with E-state index >= 15 is 0 Å². The van der Waals surface area contributed by atoms with E-state index in [-0.39, 0.29) is 11.4 Å². The lowest BCUT2D eigenvalue weighted by Crippen LogP contribution is -2.42. The second-order valence-electron chi connectivity index (χ2n) is 3.17. The number of fused-ring (bicyclic) bond motifs is 1. The Bertz CT molecular complexity index is 377. The summed E-state index contributed by atoms with van der Waals surface area (Å²) in [6.45, 7) is -0.403. The maximum Gasteiger partial charge on any atom is 0.427 e. The van der Waals surface area contributed by atoms with Crippen molar-refractivity contribution in [2.24, 2.45) is 0 Å². The molecule has 0 saturated carbocycles. The van der Waals surface area contributed by atoms with Gasteiger partial charge in [-0.25, -0.2) is 4.39 Å². The fraction of sp³-hybridized carbons (Fsp3) is 0.333. The Morgan fingerprint density at radius 1 is 1.33 bits per heavy atom. The average Bonchev–Trinajstić information content (AvgIpc) is 2.15. The summed E-state index contributed by atoms with van der Waals surface area (Å²) in [5.74, 6) is -0.500. The average molecular weight is 221 g/mol. The van der Waals surface area contributed by atoms with Crippen LogP contribution in [0.5, 0.6) is 5.75 Å². The molecule has 1 aliphatic rings. The highest BCUT2D eigenvalue weighted by molar-refractivity contribution is 5.58. The fourth-order valence-corrected chi connectivity index (χ4v) is 1.32. The van der Waals surface area contributed by atoms with Crippen LogP contribution in [0.15, 0.2) is 18.2 Å². The molecular formula is C9H7F4NO. The van der Waals surface area contributed by atoms with Gasteiger partial charge in [0.25, 0.3) is 0 Å². The van der Waals surface area contributed by atoms with Gasteiger partial charge >= 0.3 is 6.18 Å². The minimum absolute atomic E-state index is 0.0185. The molecule has 1 aromatic rings. The van der Waals surface area contributed by atoms with Gasteiger partial charge in [-0.05, 0) is 12.1 Å². The molecule has 0 aromatic heterocycles. The van der Waals surface area contributed by atoms with Crippen molar-refractivity contribution in [3.8, 4) is 5.75 Å². The zero-order valence-corrected chi connectivity index (χ0v) is 7.44. The highest BCUT2D eigenvalue weighted by Gasteiger charge is 2.43. The van der Waals surface area contributed by atoms with Crippen molar-refractivity contribution < 1.29 is 22.3 Å². The van der Waals surface area contributed by atoms with Gasteiger partial charge in [-0.3, -0.25) is 0 Å². The Labute approximate surface area is 82.8 Å². The van der Waals surface area contributed by atoms with E-state index in [0.717, 1.165) is 12.1 Å². The Kier molecular flexibility index (Phi) is 2.21. The summed E-state index contributed by atoms with van der Waals surface area (Å²) in [5.41, 5.74) is 0.246. The molecule has 82 valence electrons. The second kappa shape index (κ2) is 3.29. The van der Waals surface area contributed by atoms with Crippen molar-refractivity contribution in [1.82, 2.24) is 0 Å². The van der Waals surface area contributed by atoms with E-state index in [1.807, 2.05) is 0 Å². The fourth-order valence-electron chi connectivity index (χ4n) is 1.32. The molecule has 0 aliphatic carbocycles. The monoisotopic (exact) mass is 221 g/mol. The minimum Gasteiger partial charge on any atom is -0.477 e. The first kappa shape index (κ1) is 10.1. The van der Waals surface area contributed by atoms with Crippen LogP contribution in [0.4, 0.5) is 23.2 Å². The molecule has 0 bridgehead atoms. The number of hydrogen-bond acceptors (Lipinski definition) is 2. The summed E-state index contributed by atoms with van der Waals surface area (Å²) < 4.78 is 54.2. The largest absolute Gasteiger partial charge is 0.477 e. The van der Waals surface area contributed by atoms with Crippen molar-refractivity contribution in [1.29, 1.82) is 0 Å². The van der Waals surface area contributed by atoms with Crippen LogP contribution in [0, 0.1) is 5.82 Å². The highest BCUT2D eigenvalue weighted by atomic mass is 19.4. The number of ether oxygens (including phenoxy) is 1. The summed E-state index contributed by atoms with van der Waals surface area (Å²) in [5, 5.41) is 2.48. The summed E-state index contributed by atoms with van der Waals surface area (Å²) in [4.78, 5) is 0. The quantitative estimate of drug-likeness (QED) is 0.680. The third kappa shape index (κ3) is 1.98. The molecule has 1 heterocycles. The number of rotatable bonds is 0. The van der Waals surface area contributed by atoms with Crippen LogP contribution in [0.1, 0.15) is 0 Å². The Morgan fingerprint density at radius 2 is 2.07 bits per heavy atom. The van der Waals surface area contributed by atoms with Gasteiger partial charge in [0, 0.05) is 6.07 Å². The van der Waals surface area contributed by atoms with E-state index in [1.165, 1.54) is 6.07 Å². The summed E-state index contributed by atoms with van der Waals surface area (Å²) in [6, 6.07) is 3.33. The molecule has 0 amide bonds. The van der Waals surface area contributed by atoms with Gasteiger partial charge in [-0.1, -0.05) is 0 Å². The molecule has 1 unspecified atom stereocenters. The number of hydrogen-bond donors (Lipinski definition) is 1. The Balaban J connectivity index is 2.24. The number of alkyl halides is 3. The SMILES string of the molecule is Fc1ccc2c(c1)NCC(C(F)(F)F)O2. The third-order valence-corrected chi connectivity index (χ3v) is 2.05.